The van der Waals surface area contributed by atoms with Crippen LogP contribution in [0.4, 0.5) is 0 Å². The minimum absolute atomic E-state index is 0.0231. The van der Waals surface area contributed by atoms with E-state index in [1.165, 1.54) is 7.11 Å². The zero-order valence-electron chi connectivity index (χ0n) is 11.8. The first kappa shape index (κ1) is 13.5. The lowest BCUT2D eigenvalue weighted by Crippen LogP contribution is -2.09. The number of ketones is 1. The highest BCUT2D eigenvalue weighted by molar-refractivity contribution is 6.06. The summed E-state index contributed by atoms with van der Waals surface area (Å²) < 4.78 is 6.47. The molecule has 0 saturated carbocycles. The molecule has 0 amide bonds. The van der Waals surface area contributed by atoms with Crippen LogP contribution in [0.1, 0.15) is 45.8 Å². The average Bonchev–Trinajstić information content (AvgIpc) is 2.81. The number of carbonyl (C=O) groups excluding carboxylic acids is 2. The number of fused-ring (bicyclic) bond motifs is 1. The molecule has 5 nitrogen and oxygen atoms in total. The van der Waals surface area contributed by atoms with Crippen molar-refractivity contribution in [1.82, 2.24) is 9.78 Å². The van der Waals surface area contributed by atoms with Crippen molar-refractivity contribution in [2.75, 3.05) is 7.11 Å². The first-order valence-electron chi connectivity index (χ1n) is 7.01. The Balaban J connectivity index is 2.22. The number of aromatic nitrogens is 2. The lowest BCUT2D eigenvalue weighted by atomic mass is 10.1. The lowest BCUT2D eigenvalue weighted by Gasteiger charge is -2.06. The Morgan fingerprint density at radius 3 is 2.62 bits per heavy atom. The fourth-order valence-corrected chi connectivity index (χ4v) is 2.70. The maximum atomic E-state index is 12.3. The smallest absolute Gasteiger partial charge is 0.359 e. The summed E-state index contributed by atoms with van der Waals surface area (Å²) in [7, 11) is 1.30. The van der Waals surface area contributed by atoms with Gasteiger partial charge in [0.25, 0.3) is 0 Å². The number of hydrogen-bond acceptors (Lipinski definition) is 4. The van der Waals surface area contributed by atoms with E-state index in [2.05, 4.69) is 5.10 Å². The molecular formula is C16H16N2O3. The van der Waals surface area contributed by atoms with Gasteiger partial charge in [-0.15, -0.1) is 0 Å². The molecule has 0 unspecified atom stereocenters. The molecule has 3 rings (SSSR count). The van der Waals surface area contributed by atoms with Crippen molar-refractivity contribution in [3.8, 4) is 5.69 Å². The Hall–Kier alpha value is -2.43. The summed E-state index contributed by atoms with van der Waals surface area (Å²) >= 11 is 0. The number of benzene rings is 1. The van der Waals surface area contributed by atoms with E-state index >= 15 is 0 Å². The molecule has 0 saturated heterocycles. The predicted molar refractivity (Wildman–Crippen MR) is 76.8 cm³/mol. The second-order valence-electron chi connectivity index (χ2n) is 5.04. The molecule has 0 aliphatic heterocycles. The molecule has 1 heterocycles. The monoisotopic (exact) mass is 284 g/mol. The van der Waals surface area contributed by atoms with Crippen LogP contribution in [-0.4, -0.2) is 28.6 Å². The topological polar surface area (TPSA) is 61.2 Å². The number of methoxy groups -OCH3 is 1. The van der Waals surface area contributed by atoms with Gasteiger partial charge in [0.1, 0.15) is 0 Å². The van der Waals surface area contributed by atoms with Gasteiger partial charge in [0.2, 0.25) is 0 Å². The van der Waals surface area contributed by atoms with Crippen molar-refractivity contribution >= 4 is 11.8 Å². The maximum Gasteiger partial charge on any atom is 0.359 e. The molecule has 0 fully saturated rings. The van der Waals surface area contributed by atoms with Gasteiger partial charge in [0.15, 0.2) is 11.5 Å². The van der Waals surface area contributed by atoms with Gasteiger partial charge < -0.3 is 4.74 Å². The number of rotatable bonds is 2. The number of para-hydroxylation sites is 1. The van der Waals surface area contributed by atoms with Crippen LogP contribution >= 0.6 is 0 Å². The molecule has 1 aromatic carbocycles. The second-order valence-corrected chi connectivity index (χ2v) is 5.04. The fourth-order valence-electron chi connectivity index (χ4n) is 2.70. The highest BCUT2D eigenvalue weighted by Gasteiger charge is 2.29. The Kier molecular flexibility index (Phi) is 3.56. The molecule has 21 heavy (non-hydrogen) atoms. The SMILES string of the molecule is COC(=O)c1nn(-c2ccccc2)c2c1C(=O)CCCC2. The van der Waals surface area contributed by atoms with Gasteiger partial charge in [-0.25, -0.2) is 9.48 Å². The van der Waals surface area contributed by atoms with Gasteiger partial charge >= 0.3 is 5.97 Å². The molecule has 108 valence electrons. The third-order valence-corrected chi connectivity index (χ3v) is 3.71. The molecule has 0 atom stereocenters. The van der Waals surface area contributed by atoms with Crippen molar-refractivity contribution in [1.29, 1.82) is 0 Å². The molecule has 1 aliphatic carbocycles. The van der Waals surface area contributed by atoms with Gasteiger partial charge in [0.05, 0.1) is 24.1 Å². The predicted octanol–water partition coefficient (Wildman–Crippen LogP) is 2.57. The molecule has 2 aromatic rings. The fraction of sp³-hybridized carbons (Fsp3) is 0.312. The van der Waals surface area contributed by atoms with Gasteiger partial charge in [-0.1, -0.05) is 18.2 Å². The Bertz CT molecular complexity index is 689. The number of ether oxygens (including phenoxy) is 1. The van der Waals surface area contributed by atoms with Crippen LogP contribution < -0.4 is 0 Å². The minimum Gasteiger partial charge on any atom is -0.464 e. The summed E-state index contributed by atoms with van der Waals surface area (Å²) in [5.74, 6) is -0.582. The Labute approximate surface area is 122 Å². The number of Topliss-reactive ketones (excluding diaryl/α,β-unsaturated/α-hetero) is 1. The summed E-state index contributed by atoms with van der Waals surface area (Å²) in [6, 6.07) is 9.53. The molecule has 1 aliphatic rings. The van der Waals surface area contributed by atoms with E-state index in [1.54, 1.807) is 4.68 Å². The summed E-state index contributed by atoms with van der Waals surface area (Å²) in [6.07, 6.45) is 2.94. The Morgan fingerprint density at radius 2 is 1.90 bits per heavy atom. The number of nitrogens with zero attached hydrogens (tertiary/aromatic N) is 2. The van der Waals surface area contributed by atoms with E-state index in [0.29, 0.717) is 12.0 Å². The van der Waals surface area contributed by atoms with Crippen LogP contribution in [0.2, 0.25) is 0 Å². The highest BCUT2D eigenvalue weighted by Crippen LogP contribution is 2.26. The van der Waals surface area contributed by atoms with Gasteiger partial charge in [-0.2, -0.15) is 5.10 Å². The third-order valence-electron chi connectivity index (χ3n) is 3.71. The maximum absolute atomic E-state index is 12.3. The number of hydrogen-bond donors (Lipinski definition) is 0. The largest absolute Gasteiger partial charge is 0.464 e. The standard InChI is InChI=1S/C16H16N2O3/c1-21-16(20)15-14-12(9-5-6-10-13(14)19)18(17-15)11-7-3-2-4-8-11/h2-4,7-8H,5-6,9-10H2,1H3. The van der Waals surface area contributed by atoms with E-state index < -0.39 is 5.97 Å². The molecule has 0 radical (unpaired) electrons. The molecule has 5 heteroatoms. The van der Waals surface area contributed by atoms with Crippen LogP contribution in [0, 0.1) is 0 Å². The molecule has 0 N–H and O–H groups in total. The minimum atomic E-state index is -0.559. The molecule has 1 aromatic heterocycles. The van der Waals surface area contributed by atoms with Crippen molar-refractivity contribution in [3.63, 3.8) is 0 Å². The first-order valence-corrected chi connectivity index (χ1v) is 7.01. The zero-order chi connectivity index (χ0) is 14.8. The normalized spacial score (nSPS) is 14.4. The van der Waals surface area contributed by atoms with Crippen LogP contribution in [-0.2, 0) is 11.2 Å². The van der Waals surface area contributed by atoms with Crippen LogP contribution in [0.15, 0.2) is 30.3 Å². The molecule has 0 spiro atoms. The van der Waals surface area contributed by atoms with E-state index in [0.717, 1.165) is 30.6 Å². The summed E-state index contributed by atoms with van der Waals surface area (Å²) in [5.41, 5.74) is 2.22. The van der Waals surface area contributed by atoms with E-state index in [1.807, 2.05) is 30.3 Å². The second kappa shape index (κ2) is 5.52. The van der Waals surface area contributed by atoms with Crippen molar-refractivity contribution in [3.05, 3.63) is 47.3 Å². The Morgan fingerprint density at radius 1 is 1.19 bits per heavy atom. The van der Waals surface area contributed by atoms with E-state index in [4.69, 9.17) is 4.74 Å². The van der Waals surface area contributed by atoms with E-state index in [9.17, 15) is 9.59 Å². The van der Waals surface area contributed by atoms with Crippen LogP contribution in [0.25, 0.3) is 5.69 Å². The summed E-state index contributed by atoms with van der Waals surface area (Å²) in [5, 5.41) is 4.35. The molecular weight excluding hydrogens is 268 g/mol. The first-order chi connectivity index (χ1) is 10.2. The van der Waals surface area contributed by atoms with Crippen molar-refractivity contribution < 1.29 is 14.3 Å². The highest BCUT2D eigenvalue weighted by atomic mass is 16.5. The van der Waals surface area contributed by atoms with Gasteiger partial charge in [-0.05, 0) is 31.4 Å². The van der Waals surface area contributed by atoms with Crippen molar-refractivity contribution in [2.24, 2.45) is 0 Å². The van der Waals surface area contributed by atoms with Crippen LogP contribution in [0.5, 0.6) is 0 Å². The average molecular weight is 284 g/mol. The van der Waals surface area contributed by atoms with Gasteiger partial charge in [-0.3, -0.25) is 4.79 Å². The summed E-state index contributed by atoms with van der Waals surface area (Å²) in [6.45, 7) is 0. The lowest BCUT2D eigenvalue weighted by molar-refractivity contribution is 0.0589. The third kappa shape index (κ3) is 2.35. The zero-order valence-corrected chi connectivity index (χ0v) is 11.8. The number of carbonyl (C=O) groups is 2. The number of esters is 1. The van der Waals surface area contributed by atoms with Crippen molar-refractivity contribution in [2.45, 2.75) is 25.7 Å². The van der Waals surface area contributed by atoms with Gasteiger partial charge in [0, 0.05) is 6.42 Å². The van der Waals surface area contributed by atoms with E-state index in [-0.39, 0.29) is 11.5 Å². The summed E-state index contributed by atoms with van der Waals surface area (Å²) in [4.78, 5) is 24.3. The quantitative estimate of drug-likeness (QED) is 0.628. The molecule has 0 bridgehead atoms. The van der Waals surface area contributed by atoms with Crippen LogP contribution in [0.3, 0.4) is 0 Å².